The molecule has 1 aliphatic heterocycles. The van der Waals surface area contributed by atoms with Crippen LogP contribution in [0.3, 0.4) is 0 Å². The number of piperidine rings is 1. The van der Waals surface area contributed by atoms with Crippen LogP contribution in [-0.2, 0) is 11.3 Å². The second-order valence-corrected chi connectivity index (χ2v) is 5.47. The summed E-state index contributed by atoms with van der Waals surface area (Å²) in [5, 5.41) is 1.38. The predicted molar refractivity (Wildman–Crippen MR) is 84.5 cm³/mol. The number of anilines is 1. The van der Waals surface area contributed by atoms with Crippen LogP contribution in [0, 0.1) is 0 Å². The van der Waals surface area contributed by atoms with Crippen LogP contribution in [-0.4, -0.2) is 30.9 Å². The van der Waals surface area contributed by atoms with E-state index in [0.29, 0.717) is 0 Å². The number of ether oxygens (including phenoxy) is 1. The van der Waals surface area contributed by atoms with Gasteiger partial charge in [0.05, 0.1) is 17.8 Å². The molecule has 0 spiro atoms. The van der Waals surface area contributed by atoms with E-state index >= 15 is 0 Å². The maximum absolute atomic E-state index is 5.51. The number of hydrogen-bond donors (Lipinski definition) is 0. The van der Waals surface area contributed by atoms with Gasteiger partial charge in [0.15, 0.2) is 0 Å². The third-order valence-corrected chi connectivity index (χ3v) is 4.14. The highest BCUT2D eigenvalue weighted by Crippen LogP contribution is 2.31. The molecule has 3 nitrogen and oxygen atoms in total. The molecular weight excluding hydrogens is 248 g/mol. The summed E-state index contributed by atoms with van der Waals surface area (Å²) in [5.74, 6) is 0. The Kier molecular flexibility index (Phi) is 4.26. The van der Waals surface area contributed by atoms with Crippen molar-refractivity contribution in [1.29, 1.82) is 0 Å². The topological polar surface area (TPSA) is 17.4 Å². The van der Waals surface area contributed by atoms with Crippen molar-refractivity contribution in [2.75, 3.05) is 31.2 Å². The van der Waals surface area contributed by atoms with E-state index in [1.807, 2.05) is 6.92 Å². The molecule has 1 aromatic carbocycles. The average molecular weight is 272 g/mol. The maximum atomic E-state index is 5.51. The van der Waals surface area contributed by atoms with Gasteiger partial charge in [-0.3, -0.25) is 0 Å². The minimum absolute atomic E-state index is 0.786. The molecule has 0 amide bonds. The van der Waals surface area contributed by atoms with Crippen molar-refractivity contribution in [3.63, 3.8) is 0 Å². The van der Waals surface area contributed by atoms with Crippen LogP contribution in [0.1, 0.15) is 26.2 Å². The molecule has 108 valence electrons. The summed E-state index contributed by atoms with van der Waals surface area (Å²) in [7, 11) is 0. The average Bonchev–Trinajstić information content (AvgIpc) is 2.88. The van der Waals surface area contributed by atoms with Crippen LogP contribution in [0.5, 0.6) is 0 Å². The molecule has 2 heterocycles. The summed E-state index contributed by atoms with van der Waals surface area (Å²) in [6.45, 7) is 6.95. The van der Waals surface area contributed by atoms with Crippen LogP contribution in [0.15, 0.2) is 30.5 Å². The lowest BCUT2D eigenvalue weighted by atomic mass is 10.1. The van der Waals surface area contributed by atoms with E-state index in [4.69, 9.17) is 4.74 Å². The highest BCUT2D eigenvalue weighted by molar-refractivity contribution is 5.93. The highest BCUT2D eigenvalue weighted by Gasteiger charge is 2.16. The second kappa shape index (κ2) is 6.31. The van der Waals surface area contributed by atoms with Crippen LogP contribution >= 0.6 is 0 Å². The Labute approximate surface area is 121 Å². The number of nitrogens with zero attached hydrogens (tertiary/aromatic N) is 2. The molecule has 0 bridgehead atoms. The number of rotatable bonds is 5. The standard InChI is InChI=1S/C17H24N2O/c1-2-20-13-12-19-14-17(18-10-6-3-7-11-18)15-8-4-5-9-16(15)19/h4-5,8-9,14H,2-3,6-7,10-13H2,1H3. The first-order chi connectivity index (χ1) is 9.90. The first-order valence-electron chi connectivity index (χ1n) is 7.80. The fourth-order valence-corrected chi connectivity index (χ4v) is 3.11. The summed E-state index contributed by atoms with van der Waals surface area (Å²) in [4.78, 5) is 2.54. The monoisotopic (exact) mass is 272 g/mol. The lowest BCUT2D eigenvalue weighted by Crippen LogP contribution is -2.29. The van der Waals surface area contributed by atoms with Crippen molar-refractivity contribution in [2.24, 2.45) is 0 Å². The largest absolute Gasteiger partial charge is 0.380 e. The minimum atomic E-state index is 0.786. The van der Waals surface area contributed by atoms with E-state index in [2.05, 4.69) is 39.9 Å². The van der Waals surface area contributed by atoms with Gasteiger partial charge in [0.25, 0.3) is 0 Å². The van der Waals surface area contributed by atoms with Gasteiger partial charge in [-0.1, -0.05) is 18.2 Å². The fraction of sp³-hybridized carbons (Fsp3) is 0.529. The molecule has 1 fully saturated rings. The van der Waals surface area contributed by atoms with Crippen LogP contribution in [0.4, 0.5) is 5.69 Å². The molecule has 0 radical (unpaired) electrons. The highest BCUT2D eigenvalue weighted by atomic mass is 16.5. The minimum Gasteiger partial charge on any atom is -0.380 e. The molecule has 0 atom stereocenters. The zero-order valence-corrected chi connectivity index (χ0v) is 12.3. The van der Waals surface area contributed by atoms with Crippen LogP contribution in [0.2, 0.25) is 0 Å². The van der Waals surface area contributed by atoms with Crippen molar-refractivity contribution in [3.8, 4) is 0 Å². The molecule has 0 N–H and O–H groups in total. The number of aromatic nitrogens is 1. The van der Waals surface area contributed by atoms with E-state index < -0.39 is 0 Å². The summed E-state index contributed by atoms with van der Waals surface area (Å²) in [6.07, 6.45) is 6.32. The zero-order valence-electron chi connectivity index (χ0n) is 12.3. The van der Waals surface area contributed by atoms with E-state index in [1.165, 1.54) is 48.9 Å². The van der Waals surface area contributed by atoms with Crippen LogP contribution < -0.4 is 4.90 Å². The Bertz CT molecular complexity index is 555. The lowest BCUT2D eigenvalue weighted by molar-refractivity contribution is 0.140. The van der Waals surface area contributed by atoms with Gasteiger partial charge in [-0.15, -0.1) is 0 Å². The summed E-state index contributed by atoms with van der Waals surface area (Å²) >= 11 is 0. The molecule has 20 heavy (non-hydrogen) atoms. The van der Waals surface area contributed by atoms with Crippen molar-refractivity contribution in [3.05, 3.63) is 30.5 Å². The molecule has 1 saturated heterocycles. The van der Waals surface area contributed by atoms with Crippen molar-refractivity contribution < 1.29 is 4.74 Å². The SMILES string of the molecule is CCOCCn1cc(N2CCCCC2)c2ccccc21. The molecule has 2 aromatic rings. The first kappa shape index (κ1) is 13.5. The smallest absolute Gasteiger partial charge is 0.0645 e. The first-order valence-corrected chi connectivity index (χ1v) is 7.80. The summed E-state index contributed by atoms with van der Waals surface area (Å²) in [6, 6.07) is 8.73. The number of fused-ring (bicyclic) bond motifs is 1. The summed E-state index contributed by atoms with van der Waals surface area (Å²) in [5.41, 5.74) is 2.73. The van der Waals surface area contributed by atoms with Gasteiger partial charge in [0, 0.05) is 37.8 Å². The number of para-hydroxylation sites is 1. The van der Waals surface area contributed by atoms with Crippen molar-refractivity contribution in [1.82, 2.24) is 4.57 Å². The molecule has 3 heteroatoms. The van der Waals surface area contributed by atoms with Gasteiger partial charge in [-0.05, 0) is 32.3 Å². The van der Waals surface area contributed by atoms with E-state index in [0.717, 1.165) is 19.8 Å². The Balaban J connectivity index is 1.91. The molecule has 3 rings (SSSR count). The second-order valence-electron chi connectivity index (χ2n) is 5.47. The molecule has 0 unspecified atom stereocenters. The van der Waals surface area contributed by atoms with Crippen molar-refractivity contribution >= 4 is 16.6 Å². The number of hydrogen-bond acceptors (Lipinski definition) is 2. The van der Waals surface area contributed by atoms with Crippen LogP contribution in [0.25, 0.3) is 10.9 Å². The van der Waals surface area contributed by atoms with Gasteiger partial charge < -0.3 is 14.2 Å². The van der Waals surface area contributed by atoms with E-state index in [1.54, 1.807) is 0 Å². The van der Waals surface area contributed by atoms with E-state index in [-0.39, 0.29) is 0 Å². The molecule has 1 aliphatic rings. The molecule has 1 aromatic heterocycles. The fourth-order valence-electron chi connectivity index (χ4n) is 3.11. The van der Waals surface area contributed by atoms with E-state index in [9.17, 15) is 0 Å². The molecule has 0 aliphatic carbocycles. The molecular formula is C17H24N2O. The van der Waals surface area contributed by atoms with Gasteiger partial charge in [-0.25, -0.2) is 0 Å². The third-order valence-electron chi connectivity index (χ3n) is 4.14. The zero-order chi connectivity index (χ0) is 13.8. The Morgan fingerprint density at radius 2 is 1.90 bits per heavy atom. The Morgan fingerprint density at radius 3 is 2.70 bits per heavy atom. The third kappa shape index (κ3) is 2.68. The predicted octanol–water partition coefficient (Wildman–Crippen LogP) is 3.67. The van der Waals surface area contributed by atoms with Gasteiger partial charge >= 0.3 is 0 Å². The molecule has 0 saturated carbocycles. The quantitative estimate of drug-likeness (QED) is 0.773. The van der Waals surface area contributed by atoms with Crippen molar-refractivity contribution in [2.45, 2.75) is 32.7 Å². The van der Waals surface area contributed by atoms with Gasteiger partial charge in [-0.2, -0.15) is 0 Å². The Morgan fingerprint density at radius 1 is 1.10 bits per heavy atom. The number of benzene rings is 1. The lowest BCUT2D eigenvalue weighted by Gasteiger charge is -2.28. The van der Waals surface area contributed by atoms with Gasteiger partial charge in [0.1, 0.15) is 0 Å². The van der Waals surface area contributed by atoms with Gasteiger partial charge in [0.2, 0.25) is 0 Å². The Hall–Kier alpha value is -1.48. The maximum Gasteiger partial charge on any atom is 0.0645 e. The normalized spacial score (nSPS) is 15.9. The summed E-state index contributed by atoms with van der Waals surface area (Å²) < 4.78 is 7.85.